The van der Waals surface area contributed by atoms with Crippen LogP contribution in [0.25, 0.3) is 0 Å². The first-order valence-corrected chi connectivity index (χ1v) is 7.61. The molecule has 2 aromatic rings. The van der Waals surface area contributed by atoms with Gasteiger partial charge in [0.05, 0.1) is 6.61 Å². The van der Waals surface area contributed by atoms with Gasteiger partial charge in [0.2, 0.25) is 0 Å². The number of nitrogens with two attached hydrogens (primary N) is 1. The molecule has 5 heteroatoms. The standard InChI is InChI=1S/C16H18N2O2S/c1-12-4-2-7-15(10-12)21-9-8-20-14-6-3-5-13(11-14)16(19)18-17/h2-7,10-11H,8-9,17H2,1H3,(H,18,19). The molecule has 0 unspecified atom stereocenters. The van der Waals surface area contributed by atoms with Crippen molar-refractivity contribution in [1.82, 2.24) is 5.43 Å². The Kier molecular flexibility index (Phi) is 5.66. The van der Waals surface area contributed by atoms with Crippen LogP contribution in [-0.4, -0.2) is 18.3 Å². The molecule has 110 valence electrons. The van der Waals surface area contributed by atoms with Gasteiger partial charge >= 0.3 is 0 Å². The number of thioether (sulfide) groups is 1. The Morgan fingerprint density at radius 1 is 1.24 bits per heavy atom. The molecule has 0 radical (unpaired) electrons. The van der Waals surface area contributed by atoms with Crippen LogP contribution in [0.4, 0.5) is 0 Å². The van der Waals surface area contributed by atoms with Gasteiger partial charge in [-0.25, -0.2) is 5.84 Å². The number of aryl methyl sites for hydroxylation is 1. The summed E-state index contributed by atoms with van der Waals surface area (Å²) >= 11 is 1.74. The fraction of sp³-hybridized carbons (Fsp3) is 0.188. The second-order valence-electron chi connectivity index (χ2n) is 4.51. The molecule has 0 aliphatic rings. The van der Waals surface area contributed by atoms with Crippen LogP contribution < -0.4 is 16.0 Å². The number of benzene rings is 2. The molecule has 0 spiro atoms. The predicted octanol–water partition coefficient (Wildman–Crippen LogP) is 2.77. The molecule has 0 heterocycles. The minimum atomic E-state index is -0.324. The van der Waals surface area contributed by atoms with Crippen molar-refractivity contribution in [3.63, 3.8) is 0 Å². The molecule has 3 N–H and O–H groups in total. The lowest BCUT2D eigenvalue weighted by Gasteiger charge is -2.08. The van der Waals surface area contributed by atoms with E-state index in [0.717, 1.165) is 5.75 Å². The summed E-state index contributed by atoms with van der Waals surface area (Å²) in [5, 5.41) is 0. The minimum Gasteiger partial charge on any atom is -0.493 e. The van der Waals surface area contributed by atoms with E-state index >= 15 is 0 Å². The monoisotopic (exact) mass is 302 g/mol. The highest BCUT2D eigenvalue weighted by Crippen LogP contribution is 2.19. The van der Waals surface area contributed by atoms with E-state index in [9.17, 15) is 4.79 Å². The third kappa shape index (κ3) is 4.81. The number of nitrogens with one attached hydrogen (secondary N) is 1. The lowest BCUT2D eigenvalue weighted by Crippen LogP contribution is -2.29. The van der Waals surface area contributed by atoms with Gasteiger partial charge in [0.1, 0.15) is 5.75 Å². The normalized spacial score (nSPS) is 10.2. The van der Waals surface area contributed by atoms with E-state index in [2.05, 4.69) is 30.5 Å². The number of hydrazine groups is 1. The van der Waals surface area contributed by atoms with E-state index < -0.39 is 0 Å². The maximum Gasteiger partial charge on any atom is 0.265 e. The highest BCUT2D eigenvalue weighted by Gasteiger charge is 2.04. The second kappa shape index (κ2) is 7.71. The van der Waals surface area contributed by atoms with Crippen molar-refractivity contribution in [3.05, 3.63) is 59.7 Å². The Bertz CT molecular complexity index is 617. The molecular formula is C16H18N2O2S. The Balaban J connectivity index is 1.82. The summed E-state index contributed by atoms with van der Waals surface area (Å²) in [5.74, 6) is 6.30. The summed E-state index contributed by atoms with van der Waals surface area (Å²) in [4.78, 5) is 12.6. The van der Waals surface area contributed by atoms with Crippen molar-refractivity contribution in [3.8, 4) is 5.75 Å². The van der Waals surface area contributed by atoms with Crippen LogP contribution in [0, 0.1) is 6.92 Å². The van der Waals surface area contributed by atoms with Crippen LogP contribution in [0.5, 0.6) is 5.75 Å². The summed E-state index contributed by atoms with van der Waals surface area (Å²) in [6.45, 7) is 2.65. The van der Waals surface area contributed by atoms with E-state index in [-0.39, 0.29) is 5.91 Å². The summed E-state index contributed by atoms with van der Waals surface area (Å²) in [5.41, 5.74) is 3.84. The molecule has 1 amide bonds. The SMILES string of the molecule is Cc1cccc(SCCOc2cccc(C(=O)NN)c2)c1. The molecule has 4 nitrogen and oxygen atoms in total. The molecule has 0 aromatic heterocycles. The van der Waals surface area contributed by atoms with Gasteiger partial charge in [0, 0.05) is 16.2 Å². The van der Waals surface area contributed by atoms with E-state index in [0.29, 0.717) is 17.9 Å². The van der Waals surface area contributed by atoms with Gasteiger partial charge in [-0.05, 0) is 37.3 Å². The minimum absolute atomic E-state index is 0.324. The van der Waals surface area contributed by atoms with Gasteiger partial charge < -0.3 is 4.74 Å². The van der Waals surface area contributed by atoms with Crippen LogP contribution in [0.2, 0.25) is 0 Å². The number of ether oxygens (including phenoxy) is 1. The molecular weight excluding hydrogens is 284 g/mol. The first-order valence-electron chi connectivity index (χ1n) is 6.62. The summed E-state index contributed by atoms with van der Waals surface area (Å²) in [7, 11) is 0. The molecule has 21 heavy (non-hydrogen) atoms. The summed E-state index contributed by atoms with van der Waals surface area (Å²) < 4.78 is 5.65. The molecule has 0 bridgehead atoms. The van der Waals surface area contributed by atoms with Crippen molar-refractivity contribution < 1.29 is 9.53 Å². The summed E-state index contributed by atoms with van der Waals surface area (Å²) in [6, 6.07) is 15.3. The van der Waals surface area contributed by atoms with Crippen LogP contribution in [0.3, 0.4) is 0 Å². The largest absolute Gasteiger partial charge is 0.493 e. The van der Waals surface area contributed by atoms with E-state index in [4.69, 9.17) is 10.6 Å². The van der Waals surface area contributed by atoms with Crippen LogP contribution in [0.15, 0.2) is 53.4 Å². The first-order chi connectivity index (χ1) is 10.2. The fourth-order valence-electron chi connectivity index (χ4n) is 1.83. The number of hydrogen-bond acceptors (Lipinski definition) is 4. The average Bonchev–Trinajstić information content (AvgIpc) is 2.51. The van der Waals surface area contributed by atoms with E-state index in [1.165, 1.54) is 10.5 Å². The zero-order valence-electron chi connectivity index (χ0n) is 11.8. The molecule has 0 atom stereocenters. The van der Waals surface area contributed by atoms with E-state index in [1.54, 1.807) is 30.0 Å². The van der Waals surface area contributed by atoms with Crippen LogP contribution in [-0.2, 0) is 0 Å². The van der Waals surface area contributed by atoms with Gasteiger partial charge in [-0.1, -0.05) is 23.8 Å². The Hall–Kier alpha value is -1.98. The predicted molar refractivity (Wildman–Crippen MR) is 85.5 cm³/mol. The van der Waals surface area contributed by atoms with Crippen molar-refractivity contribution in [2.45, 2.75) is 11.8 Å². The molecule has 2 rings (SSSR count). The molecule has 0 saturated carbocycles. The molecule has 0 aliphatic carbocycles. The molecule has 2 aromatic carbocycles. The van der Waals surface area contributed by atoms with Gasteiger partial charge in [0.15, 0.2) is 0 Å². The maximum atomic E-state index is 11.4. The van der Waals surface area contributed by atoms with Gasteiger partial charge in [-0.3, -0.25) is 10.2 Å². The zero-order valence-corrected chi connectivity index (χ0v) is 12.7. The zero-order chi connectivity index (χ0) is 15.1. The average molecular weight is 302 g/mol. The van der Waals surface area contributed by atoms with Gasteiger partial charge in [0.25, 0.3) is 5.91 Å². The third-order valence-corrected chi connectivity index (χ3v) is 3.80. The van der Waals surface area contributed by atoms with Gasteiger partial charge in [-0.15, -0.1) is 11.8 Å². The second-order valence-corrected chi connectivity index (χ2v) is 5.68. The highest BCUT2D eigenvalue weighted by molar-refractivity contribution is 7.99. The maximum absolute atomic E-state index is 11.4. The smallest absolute Gasteiger partial charge is 0.265 e. The number of carbonyl (C=O) groups excluding carboxylic acids is 1. The van der Waals surface area contributed by atoms with Gasteiger partial charge in [-0.2, -0.15) is 0 Å². The molecule has 0 aliphatic heterocycles. The molecule has 0 saturated heterocycles. The van der Waals surface area contributed by atoms with Crippen molar-refractivity contribution in [1.29, 1.82) is 0 Å². The summed E-state index contributed by atoms with van der Waals surface area (Å²) in [6.07, 6.45) is 0. The van der Waals surface area contributed by atoms with Crippen molar-refractivity contribution in [2.24, 2.45) is 5.84 Å². The topological polar surface area (TPSA) is 64.3 Å². The Morgan fingerprint density at radius 2 is 2.05 bits per heavy atom. The number of carbonyl (C=O) groups is 1. The molecule has 0 fully saturated rings. The Morgan fingerprint density at radius 3 is 2.81 bits per heavy atom. The Labute approximate surface area is 128 Å². The van der Waals surface area contributed by atoms with Crippen molar-refractivity contribution >= 4 is 17.7 Å². The quantitative estimate of drug-likeness (QED) is 0.283. The van der Waals surface area contributed by atoms with Crippen LogP contribution >= 0.6 is 11.8 Å². The lowest BCUT2D eigenvalue weighted by molar-refractivity contribution is 0.0953. The van der Waals surface area contributed by atoms with E-state index in [1.807, 2.05) is 12.1 Å². The third-order valence-electron chi connectivity index (χ3n) is 2.84. The number of rotatable bonds is 6. The fourth-order valence-corrected chi connectivity index (χ4v) is 2.68. The first kappa shape index (κ1) is 15.4. The number of hydrogen-bond donors (Lipinski definition) is 2. The van der Waals surface area contributed by atoms with Crippen LogP contribution in [0.1, 0.15) is 15.9 Å². The van der Waals surface area contributed by atoms with Crippen molar-refractivity contribution in [2.75, 3.05) is 12.4 Å². The number of amides is 1. The highest BCUT2D eigenvalue weighted by atomic mass is 32.2. The number of nitrogen functional groups attached to an aromatic ring is 1. The lowest BCUT2D eigenvalue weighted by atomic mass is 10.2.